The maximum Gasteiger partial charge on any atom is 0.161 e. The maximum atomic E-state index is 6.12. The lowest BCUT2D eigenvalue weighted by Crippen LogP contribution is -2.11. The first-order chi connectivity index (χ1) is 7.99. The average Bonchev–Trinajstić information content (AvgIpc) is 2.27. The second-order valence-corrected chi connectivity index (χ2v) is 4.85. The third-order valence-corrected chi connectivity index (χ3v) is 3.16. The van der Waals surface area contributed by atoms with Gasteiger partial charge in [-0.3, -0.25) is 0 Å². The van der Waals surface area contributed by atoms with Gasteiger partial charge < -0.3 is 15.2 Å². The number of ether oxygens (including phenoxy) is 2. The SMILES string of the molecule is C=C(C)C[C@H](N)c1cc(OC)c(OC)cc1Br. The molecule has 0 saturated heterocycles. The lowest BCUT2D eigenvalue weighted by Gasteiger charge is -2.17. The van der Waals surface area contributed by atoms with Crippen LogP contribution >= 0.6 is 15.9 Å². The van der Waals surface area contributed by atoms with Gasteiger partial charge in [0, 0.05) is 10.5 Å². The standard InChI is InChI=1S/C13H18BrNO2/c1-8(2)5-11(15)9-6-12(16-3)13(17-4)7-10(9)14/h6-7,11H,1,5,15H2,2-4H3/t11-/m0/s1. The first kappa shape index (κ1) is 14.1. The summed E-state index contributed by atoms with van der Waals surface area (Å²) in [6.07, 6.45) is 0.744. The Morgan fingerprint density at radius 3 is 2.35 bits per heavy atom. The summed E-state index contributed by atoms with van der Waals surface area (Å²) in [5.41, 5.74) is 8.17. The Labute approximate surface area is 111 Å². The Hall–Kier alpha value is -1.00. The van der Waals surface area contributed by atoms with E-state index in [1.807, 2.05) is 19.1 Å². The van der Waals surface area contributed by atoms with E-state index in [-0.39, 0.29) is 6.04 Å². The highest BCUT2D eigenvalue weighted by atomic mass is 79.9. The van der Waals surface area contributed by atoms with Crippen molar-refractivity contribution in [3.63, 3.8) is 0 Å². The average molecular weight is 300 g/mol. The number of hydrogen-bond donors (Lipinski definition) is 1. The van der Waals surface area contributed by atoms with Crippen LogP contribution in [0, 0.1) is 0 Å². The molecule has 17 heavy (non-hydrogen) atoms. The monoisotopic (exact) mass is 299 g/mol. The van der Waals surface area contributed by atoms with E-state index in [0.717, 1.165) is 22.0 Å². The predicted molar refractivity (Wildman–Crippen MR) is 73.6 cm³/mol. The molecule has 1 rings (SSSR count). The fourth-order valence-electron chi connectivity index (χ4n) is 1.64. The largest absolute Gasteiger partial charge is 0.493 e. The van der Waals surface area contributed by atoms with E-state index in [4.69, 9.17) is 15.2 Å². The Bertz CT molecular complexity index is 418. The molecular weight excluding hydrogens is 282 g/mol. The summed E-state index contributed by atoms with van der Waals surface area (Å²) in [4.78, 5) is 0. The van der Waals surface area contributed by atoms with Crippen LogP contribution in [0.1, 0.15) is 24.9 Å². The van der Waals surface area contributed by atoms with Gasteiger partial charge in [-0.1, -0.05) is 21.5 Å². The fraction of sp³-hybridized carbons (Fsp3) is 0.385. The summed E-state index contributed by atoms with van der Waals surface area (Å²) in [5, 5.41) is 0. The predicted octanol–water partition coefficient (Wildman–Crippen LogP) is 3.43. The number of nitrogens with two attached hydrogens (primary N) is 1. The van der Waals surface area contributed by atoms with E-state index >= 15 is 0 Å². The van der Waals surface area contributed by atoms with E-state index in [1.165, 1.54) is 0 Å². The van der Waals surface area contributed by atoms with E-state index < -0.39 is 0 Å². The highest BCUT2D eigenvalue weighted by molar-refractivity contribution is 9.10. The van der Waals surface area contributed by atoms with Crippen molar-refractivity contribution in [1.82, 2.24) is 0 Å². The van der Waals surface area contributed by atoms with E-state index in [0.29, 0.717) is 11.5 Å². The molecule has 0 spiro atoms. The molecule has 0 fully saturated rings. The molecule has 0 heterocycles. The molecule has 4 heteroatoms. The smallest absolute Gasteiger partial charge is 0.161 e. The van der Waals surface area contributed by atoms with Crippen LogP contribution in [0.25, 0.3) is 0 Å². The van der Waals surface area contributed by atoms with E-state index in [9.17, 15) is 0 Å². The zero-order valence-electron chi connectivity index (χ0n) is 10.4. The van der Waals surface area contributed by atoms with E-state index in [1.54, 1.807) is 14.2 Å². The summed E-state index contributed by atoms with van der Waals surface area (Å²) < 4.78 is 11.4. The Balaban J connectivity index is 3.11. The lowest BCUT2D eigenvalue weighted by molar-refractivity contribution is 0.354. The normalized spacial score (nSPS) is 12.1. The number of hydrogen-bond acceptors (Lipinski definition) is 3. The van der Waals surface area contributed by atoms with Crippen molar-refractivity contribution in [3.05, 3.63) is 34.3 Å². The van der Waals surface area contributed by atoms with Crippen molar-refractivity contribution in [2.75, 3.05) is 14.2 Å². The quantitative estimate of drug-likeness (QED) is 0.847. The zero-order chi connectivity index (χ0) is 13.0. The minimum atomic E-state index is -0.0957. The van der Waals surface area contributed by atoms with Crippen molar-refractivity contribution < 1.29 is 9.47 Å². The Kier molecular flexibility index (Phi) is 5.02. The molecule has 1 aromatic carbocycles. The van der Waals surface area contributed by atoms with Gasteiger partial charge in [-0.2, -0.15) is 0 Å². The maximum absolute atomic E-state index is 6.12. The van der Waals surface area contributed by atoms with E-state index in [2.05, 4.69) is 22.5 Å². The summed E-state index contributed by atoms with van der Waals surface area (Å²) >= 11 is 3.50. The molecule has 0 bridgehead atoms. The van der Waals surface area contributed by atoms with Crippen molar-refractivity contribution in [3.8, 4) is 11.5 Å². The highest BCUT2D eigenvalue weighted by Crippen LogP contribution is 2.36. The molecule has 0 amide bonds. The number of rotatable bonds is 5. The zero-order valence-corrected chi connectivity index (χ0v) is 12.0. The first-order valence-electron chi connectivity index (χ1n) is 5.31. The molecule has 0 aliphatic carbocycles. The van der Waals surface area contributed by atoms with Crippen LogP contribution < -0.4 is 15.2 Å². The molecule has 1 aromatic rings. The van der Waals surface area contributed by atoms with Crippen LogP contribution in [-0.4, -0.2) is 14.2 Å². The summed E-state index contributed by atoms with van der Waals surface area (Å²) in [6.45, 7) is 5.84. The highest BCUT2D eigenvalue weighted by Gasteiger charge is 2.15. The van der Waals surface area contributed by atoms with Crippen LogP contribution in [0.5, 0.6) is 11.5 Å². The molecule has 0 aromatic heterocycles. The van der Waals surface area contributed by atoms with Gasteiger partial charge in [-0.25, -0.2) is 0 Å². The van der Waals surface area contributed by atoms with Gasteiger partial charge in [-0.15, -0.1) is 6.58 Å². The van der Waals surface area contributed by atoms with Gasteiger partial charge in [0.1, 0.15) is 0 Å². The van der Waals surface area contributed by atoms with Crippen molar-refractivity contribution >= 4 is 15.9 Å². The second kappa shape index (κ2) is 6.07. The molecule has 94 valence electrons. The number of benzene rings is 1. The topological polar surface area (TPSA) is 44.5 Å². The fourth-order valence-corrected chi connectivity index (χ4v) is 2.26. The minimum Gasteiger partial charge on any atom is -0.493 e. The Morgan fingerprint density at radius 2 is 1.88 bits per heavy atom. The summed E-state index contributed by atoms with van der Waals surface area (Å²) in [7, 11) is 3.22. The molecule has 1 atom stereocenters. The second-order valence-electron chi connectivity index (χ2n) is 4.00. The molecular formula is C13H18BrNO2. The third-order valence-electron chi connectivity index (χ3n) is 2.47. The third kappa shape index (κ3) is 3.48. The van der Waals surface area contributed by atoms with Crippen molar-refractivity contribution in [2.24, 2.45) is 5.73 Å². The van der Waals surface area contributed by atoms with Crippen LogP contribution in [0.3, 0.4) is 0 Å². The van der Waals surface area contributed by atoms with Crippen molar-refractivity contribution in [1.29, 1.82) is 0 Å². The molecule has 0 aliphatic heterocycles. The molecule has 2 N–H and O–H groups in total. The summed E-state index contributed by atoms with van der Waals surface area (Å²) in [5.74, 6) is 1.37. The molecule has 0 unspecified atom stereocenters. The van der Waals surface area contributed by atoms with Crippen LogP contribution in [0.2, 0.25) is 0 Å². The van der Waals surface area contributed by atoms with Crippen LogP contribution in [-0.2, 0) is 0 Å². The van der Waals surface area contributed by atoms with Gasteiger partial charge in [-0.05, 0) is 31.0 Å². The van der Waals surface area contributed by atoms with Gasteiger partial charge in [0.25, 0.3) is 0 Å². The number of methoxy groups -OCH3 is 2. The van der Waals surface area contributed by atoms with Gasteiger partial charge in [0.2, 0.25) is 0 Å². The number of halogens is 1. The lowest BCUT2D eigenvalue weighted by atomic mass is 10.0. The van der Waals surface area contributed by atoms with Gasteiger partial charge >= 0.3 is 0 Å². The molecule has 0 radical (unpaired) electrons. The van der Waals surface area contributed by atoms with Crippen LogP contribution in [0.4, 0.5) is 0 Å². The van der Waals surface area contributed by atoms with Gasteiger partial charge in [0.05, 0.1) is 14.2 Å². The van der Waals surface area contributed by atoms with Gasteiger partial charge in [0.15, 0.2) is 11.5 Å². The Morgan fingerprint density at radius 1 is 1.35 bits per heavy atom. The summed E-state index contributed by atoms with van der Waals surface area (Å²) in [6, 6.07) is 3.67. The first-order valence-corrected chi connectivity index (χ1v) is 6.10. The molecule has 0 saturated carbocycles. The minimum absolute atomic E-state index is 0.0957. The molecule has 3 nitrogen and oxygen atoms in total. The van der Waals surface area contributed by atoms with Crippen LogP contribution in [0.15, 0.2) is 28.8 Å². The molecule has 0 aliphatic rings. The van der Waals surface area contributed by atoms with Crippen molar-refractivity contribution in [2.45, 2.75) is 19.4 Å².